The molecule has 1 aromatic heterocycles. The van der Waals surface area contributed by atoms with Crippen LogP contribution in [-0.4, -0.2) is 9.36 Å². The Balaban J connectivity index is 2.29. The Morgan fingerprint density at radius 1 is 1.23 bits per heavy atom. The third-order valence-electron chi connectivity index (χ3n) is 1.82. The van der Waals surface area contributed by atoms with Crippen LogP contribution in [0.2, 0.25) is 0 Å². The number of nitrogens with two attached hydrogens (primary N) is 1. The summed E-state index contributed by atoms with van der Waals surface area (Å²) in [7, 11) is 0. The van der Waals surface area contributed by atoms with Gasteiger partial charge in [-0.1, -0.05) is 30.3 Å². The fourth-order valence-corrected chi connectivity index (χ4v) is 1.60. The van der Waals surface area contributed by atoms with Crippen molar-refractivity contribution in [3.05, 3.63) is 47.2 Å². The number of hydrogen-bond donors (Lipinski definition) is 1. The molecule has 0 aliphatic rings. The maximum Gasteiger partial charge on any atom is 0.163 e. The first-order valence-corrected chi connectivity index (χ1v) is 4.78. The first-order valence-electron chi connectivity index (χ1n) is 3.95. The lowest BCUT2D eigenvalue weighted by atomic mass is 10.1. The predicted octanol–water partition coefficient (Wildman–Crippen LogP) is 1.59. The summed E-state index contributed by atoms with van der Waals surface area (Å²) < 4.78 is 4.10. The average Bonchev–Trinajstić information content (AvgIpc) is 2.71. The van der Waals surface area contributed by atoms with Crippen LogP contribution in [0.25, 0.3) is 0 Å². The molecule has 0 saturated heterocycles. The fourth-order valence-electron chi connectivity index (χ4n) is 1.13. The third-order valence-corrected chi connectivity index (χ3v) is 2.31. The zero-order chi connectivity index (χ0) is 9.10. The standard InChI is InChI=1S/C9H9N3S/c10-8(9-11-6-13-12-9)7-4-2-1-3-5-7/h1-6,8H,10H2. The van der Waals surface area contributed by atoms with Crippen LogP contribution < -0.4 is 5.73 Å². The van der Waals surface area contributed by atoms with Crippen molar-refractivity contribution in [1.29, 1.82) is 0 Å². The molecule has 66 valence electrons. The van der Waals surface area contributed by atoms with Crippen molar-refractivity contribution in [1.82, 2.24) is 9.36 Å². The van der Waals surface area contributed by atoms with E-state index in [1.807, 2.05) is 30.3 Å². The largest absolute Gasteiger partial charge is 0.318 e. The molecule has 2 aromatic rings. The second-order valence-electron chi connectivity index (χ2n) is 2.68. The van der Waals surface area contributed by atoms with Gasteiger partial charge in [0.15, 0.2) is 5.82 Å². The van der Waals surface area contributed by atoms with E-state index in [1.54, 1.807) is 5.51 Å². The molecule has 1 heterocycles. The molecule has 0 bridgehead atoms. The summed E-state index contributed by atoms with van der Waals surface area (Å²) in [6, 6.07) is 9.64. The van der Waals surface area contributed by atoms with Gasteiger partial charge in [-0.15, -0.1) is 0 Å². The molecule has 1 unspecified atom stereocenters. The molecule has 2 rings (SSSR count). The van der Waals surface area contributed by atoms with E-state index in [0.29, 0.717) is 5.82 Å². The van der Waals surface area contributed by atoms with Crippen molar-refractivity contribution in [2.24, 2.45) is 5.73 Å². The Labute approximate surface area is 80.4 Å². The Morgan fingerprint density at radius 2 is 2.00 bits per heavy atom. The van der Waals surface area contributed by atoms with Crippen LogP contribution in [0.4, 0.5) is 0 Å². The quantitative estimate of drug-likeness (QED) is 0.784. The zero-order valence-electron chi connectivity index (χ0n) is 6.92. The van der Waals surface area contributed by atoms with Gasteiger partial charge in [-0.25, -0.2) is 4.98 Å². The van der Waals surface area contributed by atoms with Gasteiger partial charge in [-0.2, -0.15) is 4.37 Å². The van der Waals surface area contributed by atoms with Gasteiger partial charge in [0.1, 0.15) is 5.51 Å². The van der Waals surface area contributed by atoms with E-state index >= 15 is 0 Å². The van der Waals surface area contributed by atoms with Crippen molar-refractivity contribution >= 4 is 11.5 Å². The SMILES string of the molecule is NC(c1ccccc1)c1ncsn1. The summed E-state index contributed by atoms with van der Waals surface area (Å²) in [4.78, 5) is 4.07. The van der Waals surface area contributed by atoms with E-state index in [1.165, 1.54) is 11.5 Å². The van der Waals surface area contributed by atoms with Crippen LogP contribution in [-0.2, 0) is 0 Å². The lowest BCUT2D eigenvalue weighted by Crippen LogP contribution is -2.12. The third kappa shape index (κ3) is 1.74. The van der Waals surface area contributed by atoms with Gasteiger partial charge < -0.3 is 5.73 Å². The van der Waals surface area contributed by atoms with Gasteiger partial charge >= 0.3 is 0 Å². The molecule has 0 aliphatic carbocycles. The van der Waals surface area contributed by atoms with Gasteiger partial charge in [0.05, 0.1) is 6.04 Å². The van der Waals surface area contributed by atoms with E-state index < -0.39 is 0 Å². The van der Waals surface area contributed by atoms with Crippen LogP contribution in [0.1, 0.15) is 17.4 Å². The molecule has 0 amide bonds. The Kier molecular flexibility index (Phi) is 2.33. The monoisotopic (exact) mass is 191 g/mol. The highest BCUT2D eigenvalue weighted by Crippen LogP contribution is 2.15. The molecule has 1 aromatic carbocycles. The maximum atomic E-state index is 5.94. The van der Waals surface area contributed by atoms with Crippen molar-refractivity contribution in [3.8, 4) is 0 Å². The van der Waals surface area contributed by atoms with Crippen LogP contribution in [0.3, 0.4) is 0 Å². The van der Waals surface area contributed by atoms with E-state index in [2.05, 4.69) is 9.36 Å². The minimum atomic E-state index is -0.201. The minimum Gasteiger partial charge on any atom is -0.318 e. The highest BCUT2D eigenvalue weighted by atomic mass is 32.1. The maximum absolute atomic E-state index is 5.94. The number of aromatic nitrogens is 2. The van der Waals surface area contributed by atoms with E-state index in [-0.39, 0.29) is 6.04 Å². The van der Waals surface area contributed by atoms with Crippen LogP contribution in [0.5, 0.6) is 0 Å². The summed E-state index contributed by atoms with van der Waals surface area (Å²) in [5.41, 5.74) is 8.68. The van der Waals surface area contributed by atoms with Gasteiger partial charge in [0, 0.05) is 0 Å². The van der Waals surface area contributed by atoms with E-state index in [4.69, 9.17) is 5.73 Å². The second kappa shape index (κ2) is 3.64. The molecule has 2 N–H and O–H groups in total. The zero-order valence-corrected chi connectivity index (χ0v) is 7.74. The molecule has 0 saturated carbocycles. The number of nitrogens with zero attached hydrogens (tertiary/aromatic N) is 2. The van der Waals surface area contributed by atoms with Gasteiger partial charge in [-0.3, -0.25) is 0 Å². The smallest absolute Gasteiger partial charge is 0.163 e. The minimum absolute atomic E-state index is 0.201. The molecular weight excluding hydrogens is 182 g/mol. The molecule has 1 atom stereocenters. The summed E-state index contributed by atoms with van der Waals surface area (Å²) in [6.07, 6.45) is 0. The number of hydrogen-bond acceptors (Lipinski definition) is 4. The molecule has 13 heavy (non-hydrogen) atoms. The van der Waals surface area contributed by atoms with Crippen molar-refractivity contribution in [2.45, 2.75) is 6.04 Å². The Hall–Kier alpha value is -1.26. The van der Waals surface area contributed by atoms with Gasteiger partial charge in [0.2, 0.25) is 0 Å². The summed E-state index contributed by atoms with van der Waals surface area (Å²) in [5.74, 6) is 0.691. The fraction of sp³-hybridized carbons (Fsp3) is 0.111. The Morgan fingerprint density at radius 3 is 2.62 bits per heavy atom. The second-order valence-corrected chi connectivity index (χ2v) is 3.28. The average molecular weight is 191 g/mol. The molecule has 4 heteroatoms. The van der Waals surface area contributed by atoms with Crippen molar-refractivity contribution < 1.29 is 0 Å². The van der Waals surface area contributed by atoms with Crippen molar-refractivity contribution in [2.75, 3.05) is 0 Å². The van der Waals surface area contributed by atoms with E-state index in [9.17, 15) is 0 Å². The first kappa shape index (κ1) is 8.34. The van der Waals surface area contributed by atoms with E-state index in [0.717, 1.165) is 5.56 Å². The van der Waals surface area contributed by atoms with Crippen LogP contribution in [0.15, 0.2) is 35.8 Å². The van der Waals surface area contributed by atoms with Gasteiger partial charge in [-0.05, 0) is 17.1 Å². The molecule has 0 aliphatic heterocycles. The topological polar surface area (TPSA) is 51.8 Å². The normalized spacial score (nSPS) is 12.7. The summed E-state index contributed by atoms with van der Waals surface area (Å²) in [5, 5.41) is 0. The van der Waals surface area contributed by atoms with Crippen LogP contribution >= 0.6 is 11.5 Å². The Bertz CT molecular complexity index is 358. The lowest BCUT2D eigenvalue weighted by molar-refractivity contribution is 0.806. The highest BCUT2D eigenvalue weighted by molar-refractivity contribution is 7.03. The highest BCUT2D eigenvalue weighted by Gasteiger charge is 2.10. The lowest BCUT2D eigenvalue weighted by Gasteiger charge is -2.06. The molecule has 3 nitrogen and oxygen atoms in total. The molecular formula is C9H9N3S. The molecule has 0 spiro atoms. The van der Waals surface area contributed by atoms with Crippen LogP contribution in [0, 0.1) is 0 Å². The van der Waals surface area contributed by atoms with Crippen molar-refractivity contribution in [3.63, 3.8) is 0 Å². The molecule has 0 radical (unpaired) electrons. The van der Waals surface area contributed by atoms with Gasteiger partial charge in [0.25, 0.3) is 0 Å². The number of rotatable bonds is 2. The first-order chi connectivity index (χ1) is 6.38. The predicted molar refractivity (Wildman–Crippen MR) is 52.4 cm³/mol. The number of benzene rings is 1. The summed E-state index contributed by atoms with van der Waals surface area (Å²) >= 11 is 1.32. The summed E-state index contributed by atoms with van der Waals surface area (Å²) in [6.45, 7) is 0. The molecule has 0 fully saturated rings.